The van der Waals surface area contributed by atoms with Gasteiger partial charge in [0.15, 0.2) is 5.01 Å². The number of nitrogens with zero attached hydrogens (tertiary/aromatic N) is 2. The third kappa shape index (κ3) is 2.65. The molecule has 118 valence electrons. The molecule has 4 aromatic rings. The number of benzene rings is 2. The van der Waals surface area contributed by atoms with Crippen molar-refractivity contribution in [2.75, 3.05) is 5.32 Å². The Morgan fingerprint density at radius 3 is 2.71 bits per heavy atom. The zero-order chi connectivity index (χ0) is 16.5. The number of aromatic nitrogens is 2. The molecule has 0 aliphatic carbocycles. The first kappa shape index (κ1) is 14.5. The summed E-state index contributed by atoms with van der Waals surface area (Å²) in [5, 5.41) is 12.4. The second-order valence-electron chi connectivity index (χ2n) is 5.00. The quantitative estimate of drug-likeness (QED) is 0.567. The topological polar surface area (TPSA) is 68.0 Å². The molecule has 4 rings (SSSR count). The Bertz CT molecular complexity index is 1090. The van der Waals surface area contributed by atoms with Gasteiger partial charge in [-0.1, -0.05) is 41.7 Å². The summed E-state index contributed by atoms with van der Waals surface area (Å²) in [6.45, 7) is 0. The van der Waals surface area contributed by atoms with Gasteiger partial charge < -0.3 is 9.73 Å². The fraction of sp³-hybridized carbons (Fsp3) is 0. The smallest absolute Gasteiger partial charge is 0.346 e. The Hall–Kier alpha value is -3.06. The number of halogens is 1. The first-order chi connectivity index (χ1) is 11.7. The second-order valence-corrected chi connectivity index (χ2v) is 5.98. The van der Waals surface area contributed by atoms with Gasteiger partial charge in [-0.15, -0.1) is 10.2 Å². The van der Waals surface area contributed by atoms with E-state index in [4.69, 9.17) is 4.42 Å². The first-order valence-corrected chi connectivity index (χ1v) is 7.91. The number of para-hydroxylation sites is 2. The van der Waals surface area contributed by atoms with Gasteiger partial charge in [0.05, 0.1) is 11.3 Å². The summed E-state index contributed by atoms with van der Waals surface area (Å²) in [7, 11) is 0. The average molecular weight is 339 g/mol. The Morgan fingerprint density at radius 1 is 1.04 bits per heavy atom. The van der Waals surface area contributed by atoms with E-state index in [1.807, 2.05) is 12.1 Å². The Balaban J connectivity index is 1.71. The molecule has 0 unspecified atom stereocenters. The van der Waals surface area contributed by atoms with E-state index in [1.54, 1.807) is 36.4 Å². The van der Waals surface area contributed by atoms with Crippen LogP contribution in [0.1, 0.15) is 0 Å². The normalized spacial score (nSPS) is 10.9. The molecule has 0 spiro atoms. The average Bonchev–Trinajstić information content (AvgIpc) is 3.04. The molecule has 0 saturated carbocycles. The van der Waals surface area contributed by atoms with E-state index in [2.05, 4.69) is 15.5 Å². The molecule has 7 heteroatoms. The second kappa shape index (κ2) is 5.86. The van der Waals surface area contributed by atoms with E-state index < -0.39 is 5.63 Å². The van der Waals surface area contributed by atoms with Crippen LogP contribution in [0.5, 0.6) is 0 Å². The van der Waals surface area contributed by atoms with Crippen LogP contribution in [0.4, 0.5) is 15.2 Å². The van der Waals surface area contributed by atoms with Crippen LogP contribution in [0.25, 0.3) is 21.5 Å². The van der Waals surface area contributed by atoms with Gasteiger partial charge in [0, 0.05) is 5.39 Å². The molecule has 1 N–H and O–H groups in total. The molecule has 0 aliphatic heterocycles. The van der Waals surface area contributed by atoms with Crippen molar-refractivity contribution in [3.63, 3.8) is 0 Å². The van der Waals surface area contributed by atoms with E-state index in [-0.39, 0.29) is 5.82 Å². The zero-order valence-corrected chi connectivity index (χ0v) is 13.0. The molecule has 2 aromatic carbocycles. The summed E-state index contributed by atoms with van der Waals surface area (Å²) in [6, 6.07) is 15.2. The third-order valence-electron chi connectivity index (χ3n) is 3.41. The summed E-state index contributed by atoms with van der Waals surface area (Å²) in [6.07, 6.45) is 0. The highest BCUT2D eigenvalue weighted by Crippen LogP contribution is 2.28. The number of anilines is 2. The Kier molecular flexibility index (Phi) is 3.55. The molecule has 0 atom stereocenters. The minimum absolute atomic E-state index is 0.297. The van der Waals surface area contributed by atoms with Gasteiger partial charge in [0.1, 0.15) is 11.4 Å². The fourth-order valence-corrected chi connectivity index (χ4v) is 3.03. The molecule has 0 saturated heterocycles. The minimum Gasteiger partial charge on any atom is -0.422 e. The van der Waals surface area contributed by atoms with Crippen LogP contribution in [0.3, 0.4) is 0 Å². The molecule has 0 fully saturated rings. The summed E-state index contributed by atoms with van der Waals surface area (Å²) in [4.78, 5) is 12.1. The lowest BCUT2D eigenvalue weighted by atomic mass is 10.2. The highest BCUT2D eigenvalue weighted by atomic mass is 32.1. The van der Waals surface area contributed by atoms with Crippen LogP contribution in [-0.2, 0) is 0 Å². The van der Waals surface area contributed by atoms with Crippen LogP contribution < -0.4 is 10.9 Å². The minimum atomic E-state index is -0.484. The van der Waals surface area contributed by atoms with Crippen LogP contribution >= 0.6 is 11.3 Å². The standard InChI is InChI=1S/C17H10FN3O2S/c18-12-6-2-3-7-13(12)19-17-21-20-15(24-17)11-9-10-5-1-4-8-14(10)23-16(11)22/h1-9H,(H,19,21). The SMILES string of the molecule is O=c1oc2ccccc2cc1-c1nnc(Nc2ccccc2F)s1. The van der Waals surface area contributed by atoms with Crippen molar-refractivity contribution < 1.29 is 8.81 Å². The highest BCUT2D eigenvalue weighted by molar-refractivity contribution is 7.18. The maximum Gasteiger partial charge on any atom is 0.346 e. The summed E-state index contributed by atoms with van der Waals surface area (Å²) >= 11 is 1.15. The van der Waals surface area contributed by atoms with E-state index in [0.717, 1.165) is 16.7 Å². The molecule has 0 amide bonds. The van der Waals surface area contributed by atoms with Gasteiger partial charge in [0.25, 0.3) is 0 Å². The lowest BCUT2D eigenvalue weighted by molar-refractivity contribution is 0.563. The van der Waals surface area contributed by atoms with Crippen molar-refractivity contribution in [3.05, 3.63) is 70.8 Å². The monoisotopic (exact) mass is 339 g/mol. The van der Waals surface area contributed by atoms with Gasteiger partial charge >= 0.3 is 5.63 Å². The van der Waals surface area contributed by atoms with E-state index in [0.29, 0.717) is 27.0 Å². The molecule has 0 radical (unpaired) electrons. The predicted octanol–water partition coefficient (Wildman–Crippen LogP) is 4.19. The van der Waals surface area contributed by atoms with Crippen molar-refractivity contribution in [3.8, 4) is 10.6 Å². The third-order valence-corrected chi connectivity index (χ3v) is 4.28. The number of fused-ring (bicyclic) bond motifs is 1. The van der Waals surface area contributed by atoms with Crippen LogP contribution in [0.2, 0.25) is 0 Å². The molecular formula is C17H10FN3O2S. The molecule has 5 nitrogen and oxygen atoms in total. The Morgan fingerprint density at radius 2 is 1.83 bits per heavy atom. The van der Waals surface area contributed by atoms with Gasteiger partial charge in [-0.25, -0.2) is 9.18 Å². The van der Waals surface area contributed by atoms with E-state index in [1.165, 1.54) is 6.07 Å². The van der Waals surface area contributed by atoms with Crippen molar-refractivity contribution in [2.24, 2.45) is 0 Å². The van der Waals surface area contributed by atoms with Crippen LogP contribution in [0.15, 0.2) is 63.8 Å². The maximum atomic E-state index is 13.7. The fourth-order valence-electron chi connectivity index (χ4n) is 2.27. The summed E-state index contributed by atoms with van der Waals surface area (Å²) in [5.41, 5.74) is 0.654. The van der Waals surface area contributed by atoms with Crippen molar-refractivity contribution in [1.82, 2.24) is 10.2 Å². The van der Waals surface area contributed by atoms with Gasteiger partial charge in [-0.05, 0) is 24.3 Å². The molecule has 24 heavy (non-hydrogen) atoms. The maximum absolute atomic E-state index is 13.7. The summed E-state index contributed by atoms with van der Waals surface area (Å²) in [5.74, 6) is -0.389. The molecule has 2 aromatic heterocycles. The number of hydrogen-bond acceptors (Lipinski definition) is 6. The van der Waals surface area contributed by atoms with Crippen LogP contribution in [0, 0.1) is 5.82 Å². The Labute approximate surface area is 139 Å². The lowest BCUT2D eigenvalue weighted by Gasteiger charge is -2.02. The number of rotatable bonds is 3. The van der Waals surface area contributed by atoms with Crippen LogP contribution in [-0.4, -0.2) is 10.2 Å². The van der Waals surface area contributed by atoms with Gasteiger partial charge in [0.2, 0.25) is 5.13 Å². The molecule has 0 aliphatic rings. The van der Waals surface area contributed by atoms with Gasteiger partial charge in [-0.2, -0.15) is 0 Å². The van der Waals surface area contributed by atoms with Crippen molar-refractivity contribution in [2.45, 2.75) is 0 Å². The van der Waals surface area contributed by atoms with E-state index in [9.17, 15) is 9.18 Å². The lowest BCUT2D eigenvalue weighted by Crippen LogP contribution is -2.02. The first-order valence-electron chi connectivity index (χ1n) is 7.09. The molecular weight excluding hydrogens is 329 g/mol. The van der Waals surface area contributed by atoms with Crippen molar-refractivity contribution >= 4 is 33.1 Å². The predicted molar refractivity (Wildman–Crippen MR) is 91.1 cm³/mol. The molecule has 2 heterocycles. The van der Waals surface area contributed by atoms with Crippen molar-refractivity contribution in [1.29, 1.82) is 0 Å². The summed E-state index contributed by atoms with van der Waals surface area (Å²) < 4.78 is 19.0. The number of hydrogen-bond donors (Lipinski definition) is 1. The van der Waals surface area contributed by atoms with Gasteiger partial charge in [-0.3, -0.25) is 0 Å². The van der Waals surface area contributed by atoms with E-state index >= 15 is 0 Å². The largest absolute Gasteiger partial charge is 0.422 e. The highest BCUT2D eigenvalue weighted by Gasteiger charge is 2.14. The zero-order valence-electron chi connectivity index (χ0n) is 12.2. The number of nitrogens with one attached hydrogen (secondary N) is 1. The molecule has 0 bridgehead atoms.